The molecule has 0 amide bonds. The van der Waals surface area contributed by atoms with Crippen molar-refractivity contribution in [2.45, 2.75) is 141 Å². The lowest BCUT2D eigenvalue weighted by Gasteiger charge is -2.45. The van der Waals surface area contributed by atoms with E-state index in [0.29, 0.717) is 0 Å². The minimum atomic E-state index is 0.800. The minimum absolute atomic E-state index is 0.800. The van der Waals surface area contributed by atoms with Crippen molar-refractivity contribution in [1.29, 1.82) is 0 Å². The molecule has 0 aromatic rings. The van der Waals surface area contributed by atoms with Crippen molar-refractivity contribution in [2.24, 2.45) is 11.8 Å². The van der Waals surface area contributed by atoms with Crippen LogP contribution in [0.2, 0.25) is 0 Å². The molecule has 2 fully saturated rings. The molecule has 0 aromatic heterocycles. The van der Waals surface area contributed by atoms with Gasteiger partial charge in [-0.2, -0.15) is 0 Å². The maximum Gasteiger partial charge on any atom is 0.0158 e. The molecular weight excluding hydrogens is 338 g/mol. The van der Waals surface area contributed by atoms with Gasteiger partial charge in [0.1, 0.15) is 0 Å². The van der Waals surface area contributed by atoms with E-state index in [4.69, 9.17) is 0 Å². The average molecular weight is 388 g/mol. The Morgan fingerprint density at radius 1 is 0.536 bits per heavy atom. The van der Waals surface area contributed by atoms with Crippen molar-refractivity contribution in [1.82, 2.24) is 4.90 Å². The fourth-order valence-electron chi connectivity index (χ4n) is 6.54. The molecular formula is C27H49N. The third-order valence-electron chi connectivity index (χ3n) is 8.28. The lowest BCUT2D eigenvalue weighted by atomic mass is 9.78. The molecule has 0 spiro atoms. The van der Waals surface area contributed by atoms with Crippen LogP contribution in [0.5, 0.6) is 0 Å². The fraction of sp³-hybridized carbons (Fsp3) is 0.926. The van der Waals surface area contributed by atoms with Crippen LogP contribution in [-0.4, -0.2) is 24.0 Å². The van der Waals surface area contributed by atoms with Crippen LogP contribution in [0.4, 0.5) is 0 Å². The van der Waals surface area contributed by atoms with Gasteiger partial charge < -0.3 is 0 Å². The molecule has 1 saturated heterocycles. The number of rotatable bonds is 0. The maximum absolute atomic E-state index is 2.93. The van der Waals surface area contributed by atoms with Gasteiger partial charge in [0.25, 0.3) is 0 Å². The molecule has 28 heavy (non-hydrogen) atoms. The first-order chi connectivity index (χ1) is 13.9. The van der Waals surface area contributed by atoms with Crippen molar-refractivity contribution in [2.75, 3.05) is 7.05 Å². The van der Waals surface area contributed by atoms with Gasteiger partial charge in [0.05, 0.1) is 0 Å². The molecule has 1 heterocycles. The van der Waals surface area contributed by atoms with Gasteiger partial charge in [-0.1, -0.05) is 95.6 Å². The first-order valence-corrected chi connectivity index (χ1v) is 13.2. The summed E-state index contributed by atoms with van der Waals surface area (Å²) in [7, 11) is 2.53. The summed E-state index contributed by atoms with van der Waals surface area (Å²) in [4.78, 5) is 2.93. The van der Waals surface area contributed by atoms with E-state index >= 15 is 0 Å². The van der Waals surface area contributed by atoms with Crippen LogP contribution >= 0.6 is 0 Å². The van der Waals surface area contributed by atoms with Gasteiger partial charge in [0, 0.05) is 12.1 Å². The molecule has 0 N–H and O–H groups in total. The van der Waals surface area contributed by atoms with Crippen molar-refractivity contribution in [3.8, 4) is 0 Å². The number of hydrogen-bond donors (Lipinski definition) is 0. The van der Waals surface area contributed by atoms with Crippen molar-refractivity contribution < 1.29 is 0 Å². The molecule has 1 heteroatoms. The second-order valence-electron chi connectivity index (χ2n) is 10.3. The van der Waals surface area contributed by atoms with E-state index in [9.17, 15) is 0 Å². The normalized spacial score (nSPS) is 36.9. The Morgan fingerprint density at radius 2 is 1.07 bits per heavy atom. The molecule has 0 bridgehead atoms. The number of likely N-dealkylation sites (tertiary alicyclic amines) is 1. The second-order valence-corrected chi connectivity index (χ2v) is 10.3. The lowest BCUT2D eigenvalue weighted by molar-refractivity contribution is 0.0563. The van der Waals surface area contributed by atoms with E-state index < -0.39 is 0 Å². The summed E-state index contributed by atoms with van der Waals surface area (Å²) in [5, 5.41) is 0. The van der Waals surface area contributed by atoms with Crippen LogP contribution in [0.25, 0.3) is 0 Å². The van der Waals surface area contributed by atoms with Crippen molar-refractivity contribution in [3.05, 3.63) is 12.2 Å². The third-order valence-corrected chi connectivity index (χ3v) is 8.28. The highest BCUT2D eigenvalue weighted by Gasteiger charge is 2.34. The Balaban J connectivity index is 1.74. The molecule has 1 aliphatic heterocycles. The van der Waals surface area contributed by atoms with Crippen LogP contribution in [0.3, 0.4) is 0 Å². The van der Waals surface area contributed by atoms with Crippen LogP contribution in [0.1, 0.15) is 128 Å². The third kappa shape index (κ3) is 7.19. The highest BCUT2D eigenvalue weighted by Crippen LogP contribution is 2.36. The Hall–Kier alpha value is -0.300. The van der Waals surface area contributed by atoms with Crippen molar-refractivity contribution in [3.63, 3.8) is 0 Å². The summed E-state index contributed by atoms with van der Waals surface area (Å²) < 4.78 is 0. The number of allylic oxidation sites excluding steroid dienone is 1. The number of fused-ring (bicyclic) bond motifs is 2. The highest BCUT2D eigenvalue weighted by atomic mass is 15.2. The van der Waals surface area contributed by atoms with E-state index in [-0.39, 0.29) is 0 Å². The molecule has 3 aliphatic rings. The largest absolute Gasteiger partial charge is 0.300 e. The molecule has 3 rings (SSSR count). The Kier molecular flexibility index (Phi) is 10.5. The van der Waals surface area contributed by atoms with E-state index in [0.717, 1.165) is 23.9 Å². The number of nitrogens with zero attached hydrogens (tertiary/aromatic N) is 1. The Labute approximate surface area is 176 Å². The first kappa shape index (κ1) is 22.4. The van der Waals surface area contributed by atoms with E-state index in [2.05, 4.69) is 24.1 Å². The van der Waals surface area contributed by atoms with Gasteiger partial charge in [0.2, 0.25) is 0 Å². The quantitative estimate of drug-likeness (QED) is 0.378. The van der Waals surface area contributed by atoms with E-state index in [1.807, 2.05) is 0 Å². The molecule has 162 valence electrons. The van der Waals surface area contributed by atoms with Gasteiger partial charge in [-0.25, -0.2) is 0 Å². The highest BCUT2D eigenvalue weighted by molar-refractivity contribution is 4.98. The summed E-state index contributed by atoms with van der Waals surface area (Å²) in [6, 6.07) is 1.65. The van der Waals surface area contributed by atoms with Gasteiger partial charge in [0.15, 0.2) is 0 Å². The van der Waals surface area contributed by atoms with Crippen LogP contribution in [0, 0.1) is 11.8 Å². The summed E-state index contributed by atoms with van der Waals surface area (Å²) in [6.45, 7) is 0. The second kappa shape index (κ2) is 13.1. The monoisotopic (exact) mass is 387 g/mol. The smallest absolute Gasteiger partial charge is 0.0158 e. The predicted molar refractivity (Wildman–Crippen MR) is 124 cm³/mol. The first-order valence-electron chi connectivity index (χ1n) is 13.2. The fourth-order valence-corrected chi connectivity index (χ4v) is 6.54. The van der Waals surface area contributed by atoms with Gasteiger partial charge in [-0.3, -0.25) is 4.90 Å². The lowest BCUT2D eigenvalue weighted by Crippen LogP contribution is -2.48. The molecule has 0 aromatic carbocycles. The van der Waals surface area contributed by atoms with Gasteiger partial charge in [-0.15, -0.1) is 0 Å². The average Bonchev–Trinajstić information content (AvgIpc) is 2.73. The maximum atomic E-state index is 2.93. The van der Waals surface area contributed by atoms with Crippen LogP contribution in [-0.2, 0) is 0 Å². The Bertz CT molecular complexity index is 428. The van der Waals surface area contributed by atoms with Gasteiger partial charge in [-0.05, 0) is 63.8 Å². The van der Waals surface area contributed by atoms with Gasteiger partial charge >= 0.3 is 0 Å². The molecule has 1 saturated carbocycles. The van der Waals surface area contributed by atoms with Crippen LogP contribution < -0.4 is 0 Å². The zero-order valence-electron chi connectivity index (χ0n) is 19.1. The molecule has 1 nitrogen and oxygen atoms in total. The zero-order valence-corrected chi connectivity index (χ0v) is 19.1. The summed E-state index contributed by atoms with van der Waals surface area (Å²) >= 11 is 0. The Morgan fingerprint density at radius 3 is 1.79 bits per heavy atom. The molecule has 2 aliphatic carbocycles. The van der Waals surface area contributed by atoms with Crippen LogP contribution in [0.15, 0.2) is 12.2 Å². The molecule has 4 unspecified atom stereocenters. The number of hydrogen-bond acceptors (Lipinski definition) is 1. The van der Waals surface area contributed by atoms with E-state index in [1.54, 1.807) is 0 Å². The summed E-state index contributed by atoms with van der Waals surface area (Å²) in [6.07, 6.45) is 34.4. The predicted octanol–water partition coefficient (Wildman–Crippen LogP) is 8.29. The van der Waals surface area contributed by atoms with Crippen molar-refractivity contribution >= 4 is 0 Å². The van der Waals surface area contributed by atoms with E-state index in [1.165, 1.54) is 128 Å². The zero-order chi connectivity index (χ0) is 19.4. The standard InChI is InChI=1S/C27H49N/c1-28-26-22-15-11-7-3-2-5-9-13-18-24(26)20-17-21-25-19-14-10-6-4-8-12-16-23-27(25)28/h13,18,24-27H,2-12,14-17,19-23H2,1H3/b18-13-. The topological polar surface area (TPSA) is 3.24 Å². The SMILES string of the molecule is CN1C2CCCCCCCC/C=C\C2CCCC2CCCCCCCCCC21. The minimum Gasteiger partial charge on any atom is -0.300 e. The molecule has 0 radical (unpaired) electrons. The summed E-state index contributed by atoms with van der Waals surface area (Å²) in [5.41, 5.74) is 0. The summed E-state index contributed by atoms with van der Waals surface area (Å²) in [5.74, 6) is 1.78. The molecule has 4 atom stereocenters.